The number of halogens is 2. The van der Waals surface area contributed by atoms with E-state index in [1.807, 2.05) is 0 Å². The first-order valence-electron chi connectivity index (χ1n) is 8.57. The third kappa shape index (κ3) is 4.84. The zero-order valence-corrected chi connectivity index (χ0v) is 17.2. The highest BCUT2D eigenvalue weighted by atomic mass is 35.5. The minimum atomic E-state index is -3.75. The van der Waals surface area contributed by atoms with Gasteiger partial charge in [-0.05, 0) is 48.5 Å². The Labute approximate surface area is 173 Å². The summed E-state index contributed by atoms with van der Waals surface area (Å²) in [6.07, 6.45) is 0. The van der Waals surface area contributed by atoms with Crippen LogP contribution in [-0.2, 0) is 14.6 Å². The largest absolute Gasteiger partial charge is 0.338 e. The van der Waals surface area contributed by atoms with Gasteiger partial charge in [0.1, 0.15) is 5.75 Å². The lowest BCUT2D eigenvalue weighted by Gasteiger charge is -2.34. The molecule has 2 amide bonds. The quantitative estimate of drug-likeness (QED) is 0.732. The van der Waals surface area contributed by atoms with E-state index < -0.39 is 21.5 Å². The minimum absolute atomic E-state index is 0.0572. The molecule has 0 aromatic heterocycles. The van der Waals surface area contributed by atoms with E-state index in [0.29, 0.717) is 28.7 Å². The molecule has 0 aliphatic carbocycles. The number of hydrogen-bond acceptors (Lipinski definition) is 4. The fourth-order valence-corrected chi connectivity index (χ4v) is 4.39. The summed E-state index contributed by atoms with van der Waals surface area (Å²) >= 11 is 11.6. The summed E-state index contributed by atoms with van der Waals surface area (Å²) in [4.78, 5) is 28.1. The van der Waals surface area contributed by atoms with E-state index in [2.05, 4.69) is 0 Å². The van der Waals surface area contributed by atoms with Gasteiger partial charge in [0.05, 0.1) is 4.90 Å². The van der Waals surface area contributed by atoms with Crippen LogP contribution in [-0.4, -0.2) is 62.0 Å². The molecule has 1 aliphatic heterocycles. The Bertz CT molecular complexity index is 968. The second kappa shape index (κ2) is 8.51. The summed E-state index contributed by atoms with van der Waals surface area (Å²) in [5.74, 6) is -1.23. The second-order valence-corrected chi connectivity index (χ2v) is 9.26. The van der Waals surface area contributed by atoms with E-state index >= 15 is 0 Å². The summed E-state index contributed by atoms with van der Waals surface area (Å²) in [5, 5.41) is 0.973. The van der Waals surface area contributed by atoms with E-state index in [0.717, 1.165) is 0 Å². The van der Waals surface area contributed by atoms with Crippen molar-refractivity contribution in [3.05, 3.63) is 64.1 Å². The third-order valence-electron chi connectivity index (χ3n) is 4.50. The van der Waals surface area contributed by atoms with Crippen molar-refractivity contribution in [3.8, 4) is 0 Å². The molecule has 1 aliphatic rings. The monoisotopic (exact) mass is 440 g/mol. The van der Waals surface area contributed by atoms with Crippen LogP contribution in [0.5, 0.6) is 0 Å². The molecule has 148 valence electrons. The average Bonchev–Trinajstić information content (AvgIpc) is 2.68. The molecule has 0 unspecified atom stereocenters. The number of rotatable bonds is 4. The molecule has 2 aromatic rings. The Morgan fingerprint density at radius 1 is 0.786 bits per heavy atom. The molecule has 0 bridgehead atoms. The van der Waals surface area contributed by atoms with Crippen molar-refractivity contribution in [2.24, 2.45) is 0 Å². The van der Waals surface area contributed by atoms with Gasteiger partial charge in [-0.2, -0.15) is 0 Å². The molecule has 1 heterocycles. The van der Waals surface area contributed by atoms with Crippen molar-refractivity contribution in [1.29, 1.82) is 0 Å². The molecule has 3 rings (SSSR count). The topological polar surface area (TPSA) is 74.8 Å². The number of benzene rings is 2. The van der Waals surface area contributed by atoms with Crippen LogP contribution in [0.15, 0.2) is 53.4 Å². The normalized spacial score (nSPS) is 14.8. The van der Waals surface area contributed by atoms with Crippen molar-refractivity contribution >= 4 is 44.9 Å². The van der Waals surface area contributed by atoms with Crippen LogP contribution in [0.2, 0.25) is 10.0 Å². The van der Waals surface area contributed by atoms with Crippen LogP contribution in [0.25, 0.3) is 0 Å². The van der Waals surface area contributed by atoms with Gasteiger partial charge in [0.25, 0.3) is 5.91 Å². The highest BCUT2D eigenvalue weighted by Crippen LogP contribution is 2.17. The first-order chi connectivity index (χ1) is 13.3. The molecular formula is C19H18Cl2N2O4S. The van der Waals surface area contributed by atoms with Gasteiger partial charge in [0.2, 0.25) is 5.91 Å². The highest BCUT2D eigenvalue weighted by molar-refractivity contribution is 7.92. The van der Waals surface area contributed by atoms with Gasteiger partial charge in [0, 0.05) is 41.8 Å². The van der Waals surface area contributed by atoms with Gasteiger partial charge in [-0.1, -0.05) is 23.2 Å². The van der Waals surface area contributed by atoms with Crippen LogP contribution < -0.4 is 0 Å². The minimum Gasteiger partial charge on any atom is -0.338 e. The van der Waals surface area contributed by atoms with Gasteiger partial charge in [-0.15, -0.1) is 0 Å². The van der Waals surface area contributed by atoms with Crippen molar-refractivity contribution < 1.29 is 18.0 Å². The summed E-state index contributed by atoms with van der Waals surface area (Å²) in [7, 11) is -3.75. The van der Waals surface area contributed by atoms with Gasteiger partial charge in [-0.3, -0.25) is 9.59 Å². The highest BCUT2D eigenvalue weighted by Gasteiger charge is 2.28. The summed E-state index contributed by atoms with van der Waals surface area (Å²) in [6, 6.07) is 12.3. The van der Waals surface area contributed by atoms with E-state index in [9.17, 15) is 18.0 Å². The lowest BCUT2D eigenvalue weighted by molar-refractivity contribution is -0.129. The number of sulfone groups is 1. The van der Waals surface area contributed by atoms with Gasteiger partial charge in [0.15, 0.2) is 9.84 Å². The van der Waals surface area contributed by atoms with Crippen molar-refractivity contribution in [3.63, 3.8) is 0 Å². The Morgan fingerprint density at radius 2 is 1.25 bits per heavy atom. The van der Waals surface area contributed by atoms with Gasteiger partial charge < -0.3 is 9.80 Å². The fraction of sp³-hybridized carbons (Fsp3) is 0.263. The maximum atomic E-state index is 12.5. The Kier molecular flexibility index (Phi) is 6.27. The average molecular weight is 441 g/mol. The van der Waals surface area contributed by atoms with Gasteiger partial charge >= 0.3 is 0 Å². The summed E-state index contributed by atoms with van der Waals surface area (Å²) in [6.45, 7) is 1.25. The zero-order chi connectivity index (χ0) is 20.3. The maximum absolute atomic E-state index is 12.5. The van der Waals surface area contributed by atoms with Crippen molar-refractivity contribution in [1.82, 2.24) is 9.80 Å². The standard InChI is InChI=1S/C19H18Cl2N2O4S/c20-15-3-1-14(2-4-15)19(25)23-11-9-22(10-12-23)18(24)13-28(26,27)17-7-5-16(21)6-8-17/h1-8H,9-13H2. The second-order valence-electron chi connectivity index (χ2n) is 6.39. The number of hydrogen-bond donors (Lipinski definition) is 0. The molecule has 0 radical (unpaired) electrons. The number of piperazine rings is 1. The predicted octanol–water partition coefficient (Wildman–Crippen LogP) is 2.75. The molecule has 0 saturated carbocycles. The fourth-order valence-electron chi connectivity index (χ4n) is 2.91. The first-order valence-corrected chi connectivity index (χ1v) is 11.0. The number of amides is 2. The number of carbonyl (C=O) groups is 2. The molecule has 1 fully saturated rings. The molecule has 1 saturated heterocycles. The lowest BCUT2D eigenvalue weighted by Crippen LogP contribution is -2.51. The number of nitrogens with zero attached hydrogens (tertiary/aromatic N) is 2. The molecular weight excluding hydrogens is 423 g/mol. The van der Waals surface area contributed by atoms with Crippen LogP contribution in [0, 0.1) is 0 Å². The summed E-state index contributed by atoms with van der Waals surface area (Å²) in [5.41, 5.74) is 0.523. The van der Waals surface area contributed by atoms with E-state index in [4.69, 9.17) is 23.2 Å². The SMILES string of the molecule is O=C(CS(=O)(=O)c1ccc(Cl)cc1)N1CCN(C(=O)c2ccc(Cl)cc2)CC1. The predicted molar refractivity (Wildman–Crippen MR) is 107 cm³/mol. The molecule has 0 N–H and O–H groups in total. The maximum Gasteiger partial charge on any atom is 0.253 e. The third-order valence-corrected chi connectivity index (χ3v) is 6.62. The molecule has 28 heavy (non-hydrogen) atoms. The van der Waals surface area contributed by atoms with E-state index in [1.165, 1.54) is 29.2 Å². The van der Waals surface area contributed by atoms with Crippen molar-refractivity contribution in [2.45, 2.75) is 4.90 Å². The lowest BCUT2D eigenvalue weighted by atomic mass is 10.2. The molecule has 0 atom stereocenters. The molecule has 0 spiro atoms. The van der Waals surface area contributed by atoms with Crippen LogP contribution >= 0.6 is 23.2 Å². The summed E-state index contributed by atoms with van der Waals surface area (Å²) < 4.78 is 24.8. The molecule has 9 heteroatoms. The molecule has 6 nitrogen and oxygen atoms in total. The Morgan fingerprint density at radius 3 is 1.79 bits per heavy atom. The van der Waals surface area contributed by atoms with E-state index in [-0.39, 0.29) is 23.9 Å². The van der Waals surface area contributed by atoms with Crippen molar-refractivity contribution in [2.75, 3.05) is 31.9 Å². The Hall–Kier alpha value is -2.09. The van der Waals surface area contributed by atoms with Crippen LogP contribution in [0.3, 0.4) is 0 Å². The van der Waals surface area contributed by atoms with Gasteiger partial charge in [-0.25, -0.2) is 8.42 Å². The Balaban J connectivity index is 1.58. The smallest absolute Gasteiger partial charge is 0.253 e. The number of carbonyl (C=O) groups excluding carboxylic acids is 2. The zero-order valence-electron chi connectivity index (χ0n) is 14.8. The first kappa shape index (κ1) is 20.6. The van der Waals surface area contributed by atoms with Crippen LogP contribution in [0.4, 0.5) is 0 Å². The van der Waals surface area contributed by atoms with Crippen LogP contribution in [0.1, 0.15) is 10.4 Å². The van der Waals surface area contributed by atoms with E-state index in [1.54, 1.807) is 29.2 Å². The molecule has 2 aromatic carbocycles.